The summed E-state index contributed by atoms with van der Waals surface area (Å²) in [6.45, 7) is -0.0789. The monoisotopic (exact) mass is 282 g/mol. The fraction of sp³-hybridized carbons (Fsp3) is 0.0769. The Morgan fingerprint density at radius 1 is 1.16 bits per heavy atom. The van der Waals surface area contributed by atoms with Crippen LogP contribution in [-0.4, -0.2) is 5.11 Å². The van der Waals surface area contributed by atoms with E-state index in [0.29, 0.717) is 5.75 Å². The highest BCUT2D eigenvalue weighted by Crippen LogP contribution is 2.37. The number of anilines is 2. The van der Waals surface area contributed by atoms with E-state index in [1.54, 1.807) is 24.3 Å². The number of ether oxygens (including phenoxy) is 1. The molecule has 2 aromatic carbocycles. The van der Waals surface area contributed by atoms with Gasteiger partial charge in [-0.05, 0) is 23.8 Å². The predicted molar refractivity (Wildman–Crippen MR) is 72.7 cm³/mol. The Kier molecular flexibility index (Phi) is 3.78. The first kappa shape index (κ1) is 13.5. The van der Waals surface area contributed by atoms with Crippen molar-refractivity contribution in [2.24, 2.45) is 0 Å². The number of hydrogen-bond acceptors (Lipinski definition) is 4. The summed E-state index contributed by atoms with van der Waals surface area (Å²) in [5.74, 6) is -0.593. The standard InChI is InChI=1S/C13H12ClFN2O2/c14-11-9(16)5-10(17)13(12(11)15)19-8-3-1-7(6-18)2-4-8/h1-5,18H,6,16-17H2. The quantitative estimate of drug-likeness (QED) is 0.756. The second-order valence-corrected chi connectivity index (χ2v) is 4.29. The highest BCUT2D eigenvalue weighted by atomic mass is 35.5. The summed E-state index contributed by atoms with van der Waals surface area (Å²) in [5.41, 5.74) is 12.0. The summed E-state index contributed by atoms with van der Waals surface area (Å²) >= 11 is 5.70. The van der Waals surface area contributed by atoms with Crippen molar-refractivity contribution >= 4 is 23.0 Å². The maximum Gasteiger partial charge on any atom is 0.188 e. The van der Waals surface area contributed by atoms with Crippen LogP contribution in [0.4, 0.5) is 15.8 Å². The van der Waals surface area contributed by atoms with Crippen LogP contribution in [0.1, 0.15) is 5.56 Å². The maximum absolute atomic E-state index is 13.9. The van der Waals surface area contributed by atoms with E-state index in [2.05, 4.69) is 0 Å². The van der Waals surface area contributed by atoms with E-state index in [1.165, 1.54) is 6.07 Å². The Bertz CT molecular complexity index is 603. The Balaban J connectivity index is 2.35. The van der Waals surface area contributed by atoms with E-state index < -0.39 is 5.82 Å². The summed E-state index contributed by atoms with van der Waals surface area (Å²) in [4.78, 5) is 0. The molecule has 19 heavy (non-hydrogen) atoms. The average Bonchev–Trinajstić information content (AvgIpc) is 2.42. The van der Waals surface area contributed by atoms with Gasteiger partial charge in [-0.25, -0.2) is 4.39 Å². The fourth-order valence-corrected chi connectivity index (χ4v) is 1.67. The van der Waals surface area contributed by atoms with Gasteiger partial charge >= 0.3 is 0 Å². The molecule has 0 aromatic heterocycles. The molecule has 0 amide bonds. The van der Waals surface area contributed by atoms with Crippen LogP contribution in [0.3, 0.4) is 0 Å². The molecule has 0 heterocycles. The van der Waals surface area contributed by atoms with Crippen LogP contribution in [0.15, 0.2) is 30.3 Å². The summed E-state index contributed by atoms with van der Waals surface area (Å²) in [6, 6.07) is 7.83. The Labute approximate surface area is 114 Å². The summed E-state index contributed by atoms with van der Waals surface area (Å²) < 4.78 is 19.3. The molecule has 5 N–H and O–H groups in total. The molecular weight excluding hydrogens is 271 g/mol. The van der Waals surface area contributed by atoms with Crippen LogP contribution in [0.25, 0.3) is 0 Å². The van der Waals surface area contributed by atoms with Crippen molar-refractivity contribution in [1.82, 2.24) is 0 Å². The Morgan fingerprint density at radius 3 is 2.37 bits per heavy atom. The summed E-state index contributed by atoms with van der Waals surface area (Å²) in [5, 5.41) is 8.70. The molecule has 2 rings (SSSR count). The smallest absolute Gasteiger partial charge is 0.188 e. The molecule has 0 saturated heterocycles. The molecule has 2 aromatic rings. The molecule has 0 saturated carbocycles. The van der Waals surface area contributed by atoms with Gasteiger partial charge in [0.25, 0.3) is 0 Å². The van der Waals surface area contributed by atoms with Crippen LogP contribution in [-0.2, 0) is 6.61 Å². The number of rotatable bonds is 3. The SMILES string of the molecule is Nc1cc(N)c(Oc2ccc(CO)cc2)c(F)c1Cl. The molecule has 4 nitrogen and oxygen atoms in total. The van der Waals surface area contributed by atoms with Gasteiger partial charge < -0.3 is 21.3 Å². The van der Waals surface area contributed by atoms with Crippen molar-refractivity contribution in [3.05, 3.63) is 46.7 Å². The van der Waals surface area contributed by atoms with Crippen LogP contribution in [0, 0.1) is 5.82 Å². The molecule has 6 heteroatoms. The minimum atomic E-state index is -0.801. The maximum atomic E-state index is 13.9. The first-order valence-corrected chi connectivity index (χ1v) is 5.81. The lowest BCUT2D eigenvalue weighted by Gasteiger charge is -2.12. The van der Waals surface area contributed by atoms with Gasteiger partial charge in [-0.1, -0.05) is 23.7 Å². The molecule has 0 unspecified atom stereocenters. The zero-order valence-electron chi connectivity index (χ0n) is 9.86. The highest BCUT2D eigenvalue weighted by molar-refractivity contribution is 6.33. The second-order valence-electron chi connectivity index (χ2n) is 3.92. The van der Waals surface area contributed by atoms with Crippen molar-refractivity contribution in [2.75, 3.05) is 11.5 Å². The largest absolute Gasteiger partial charge is 0.452 e. The Hall–Kier alpha value is -1.98. The van der Waals surface area contributed by atoms with E-state index in [1.807, 2.05) is 0 Å². The topological polar surface area (TPSA) is 81.5 Å². The van der Waals surface area contributed by atoms with Gasteiger partial charge in [-0.15, -0.1) is 0 Å². The van der Waals surface area contributed by atoms with Crippen LogP contribution in [0.2, 0.25) is 5.02 Å². The molecular formula is C13H12ClFN2O2. The number of nitrogen functional groups attached to an aromatic ring is 2. The van der Waals surface area contributed by atoms with E-state index in [9.17, 15) is 4.39 Å². The third kappa shape index (κ3) is 2.72. The van der Waals surface area contributed by atoms with Gasteiger partial charge in [-0.3, -0.25) is 0 Å². The van der Waals surface area contributed by atoms with Gasteiger partial charge in [-0.2, -0.15) is 0 Å². The van der Waals surface area contributed by atoms with E-state index >= 15 is 0 Å². The fourth-order valence-electron chi connectivity index (χ4n) is 1.53. The molecule has 0 aliphatic rings. The van der Waals surface area contributed by atoms with Crippen LogP contribution < -0.4 is 16.2 Å². The lowest BCUT2D eigenvalue weighted by molar-refractivity contribution is 0.281. The molecule has 0 bridgehead atoms. The second kappa shape index (κ2) is 5.34. The molecule has 0 aliphatic heterocycles. The third-order valence-corrected chi connectivity index (χ3v) is 2.93. The molecule has 0 aliphatic carbocycles. The van der Waals surface area contributed by atoms with Crippen molar-refractivity contribution in [3.63, 3.8) is 0 Å². The normalized spacial score (nSPS) is 10.5. The van der Waals surface area contributed by atoms with E-state index in [-0.39, 0.29) is 28.8 Å². The lowest BCUT2D eigenvalue weighted by atomic mass is 10.2. The van der Waals surface area contributed by atoms with Gasteiger partial charge in [0.1, 0.15) is 10.8 Å². The minimum Gasteiger partial charge on any atom is -0.452 e. The molecule has 0 radical (unpaired) electrons. The Morgan fingerprint density at radius 2 is 1.79 bits per heavy atom. The first-order chi connectivity index (χ1) is 9.02. The predicted octanol–water partition coefficient (Wildman–Crippen LogP) is 2.93. The van der Waals surface area contributed by atoms with E-state index in [0.717, 1.165) is 5.56 Å². The van der Waals surface area contributed by atoms with Crippen molar-refractivity contribution in [1.29, 1.82) is 0 Å². The van der Waals surface area contributed by atoms with Crippen molar-refractivity contribution in [2.45, 2.75) is 6.61 Å². The van der Waals surface area contributed by atoms with Gasteiger partial charge in [0.15, 0.2) is 11.6 Å². The lowest BCUT2D eigenvalue weighted by Crippen LogP contribution is -1.99. The number of hydrogen-bond donors (Lipinski definition) is 3. The molecule has 100 valence electrons. The molecule has 0 spiro atoms. The number of aliphatic hydroxyl groups is 1. The zero-order valence-corrected chi connectivity index (χ0v) is 10.6. The average molecular weight is 283 g/mol. The highest BCUT2D eigenvalue weighted by Gasteiger charge is 2.16. The summed E-state index contributed by atoms with van der Waals surface area (Å²) in [6.07, 6.45) is 0. The number of halogens is 2. The third-order valence-electron chi connectivity index (χ3n) is 2.54. The van der Waals surface area contributed by atoms with E-state index in [4.69, 9.17) is 32.9 Å². The van der Waals surface area contributed by atoms with Crippen molar-refractivity contribution in [3.8, 4) is 11.5 Å². The first-order valence-electron chi connectivity index (χ1n) is 5.43. The van der Waals surface area contributed by atoms with Crippen molar-refractivity contribution < 1.29 is 14.2 Å². The minimum absolute atomic E-state index is 0.0552. The molecule has 0 fully saturated rings. The number of aliphatic hydroxyl groups excluding tert-OH is 1. The van der Waals surface area contributed by atoms with Crippen LogP contribution in [0.5, 0.6) is 11.5 Å². The molecule has 0 atom stereocenters. The summed E-state index contributed by atoms with van der Waals surface area (Å²) in [7, 11) is 0. The zero-order chi connectivity index (χ0) is 14.0. The van der Waals surface area contributed by atoms with Gasteiger partial charge in [0, 0.05) is 0 Å². The van der Waals surface area contributed by atoms with Gasteiger partial charge in [0.2, 0.25) is 0 Å². The number of nitrogens with two attached hydrogens (primary N) is 2. The van der Waals surface area contributed by atoms with Gasteiger partial charge in [0.05, 0.1) is 18.0 Å². The van der Waals surface area contributed by atoms with Crippen LogP contribution >= 0.6 is 11.6 Å². The number of benzene rings is 2.